The molecule has 0 radical (unpaired) electrons. The highest BCUT2D eigenvalue weighted by molar-refractivity contribution is 5.99. The van der Waals surface area contributed by atoms with Crippen LogP contribution in [0.1, 0.15) is 110 Å². The molecule has 84 heavy (non-hydrogen) atoms. The van der Waals surface area contributed by atoms with Gasteiger partial charge in [-0.2, -0.15) is 0 Å². The van der Waals surface area contributed by atoms with Crippen LogP contribution in [0.2, 0.25) is 0 Å². The van der Waals surface area contributed by atoms with Crippen molar-refractivity contribution < 1.29 is 77.6 Å². The van der Waals surface area contributed by atoms with Gasteiger partial charge >= 0.3 is 11.9 Å². The number of benzene rings is 1. The Morgan fingerprint density at radius 1 is 0.667 bits per heavy atom. The van der Waals surface area contributed by atoms with E-state index in [1.165, 1.54) is 24.3 Å². The van der Waals surface area contributed by atoms with E-state index < -0.39 is 181 Å². The summed E-state index contributed by atoms with van der Waals surface area (Å²) in [5, 5.41) is 49.1. The Balaban J connectivity index is 1.88. The fourth-order valence-electron chi connectivity index (χ4n) is 8.88. The molecule has 2 aromatic rings. The standard InChI is InChI=1S/C53H81N15O16/c1-5-27(2)42(66-46(76)33(14-9-10-20-54)62-45(75)32(55)24-41(72)73)50(80)65-37(23-31-25-58-26-59-31)52(82)68-21-11-15-38(68)49(79)64-36(22-30-12-7-6-8-13-30)48(78)60-28(3)44(74)61-34(16-18-39(56)70)47(77)67-43(29(4)69)51(81)63-35(53(83)84)17-19-40(57)71/h6-8,12-13,25-29,32-38,42-43,69H,5,9-11,14-24,54-55H2,1-4H3,(H2,56,70)(H2,57,71)(H,58,59)(H,60,78)(H,61,74)(H,62,75)(H,63,81)(H,64,79)(H,65,80)(H,66,76)(H,67,77)(H,72,73)(H,83,84)/t27-,28-,29+,32-,33-,34-,35-,36-,37-,38-,42-,43-/m0/s1. The Hall–Kier alpha value is -8.58. The van der Waals surface area contributed by atoms with Crippen LogP contribution in [0.4, 0.5) is 0 Å². The van der Waals surface area contributed by atoms with Crippen molar-refractivity contribution in [2.24, 2.45) is 28.9 Å². The molecule has 3 rings (SSSR count). The maximum atomic E-state index is 14.8. The summed E-state index contributed by atoms with van der Waals surface area (Å²) in [5.74, 6) is -13.4. The number of hydrogen-bond acceptors (Lipinski definition) is 17. The second-order valence-corrected chi connectivity index (χ2v) is 20.6. The van der Waals surface area contributed by atoms with E-state index in [0.29, 0.717) is 36.9 Å². The van der Waals surface area contributed by atoms with E-state index in [1.54, 1.807) is 44.2 Å². The summed E-state index contributed by atoms with van der Waals surface area (Å²) in [6.45, 7) is 6.09. The number of carboxylic acids is 2. The van der Waals surface area contributed by atoms with E-state index in [9.17, 15) is 77.6 Å². The summed E-state index contributed by atoms with van der Waals surface area (Å²) in [6, 6.07) is -6.18. The zero-order valence-corrected chi connectivity index (χ0v) is 47.4. The number of H-pyrrole nitrogens is 1. The van der Waals surface area contributed by atoms with Crippen LogP contribution < -0.4 is 65.5 Å². The summed E-state index contributed by atoms with van der Waals surface area (Å²) in [4.78, 5) is 180. The van der Waals surface area contributed by atoms with Crippen LogP contribution in [-0.2, 0) is 75.2 Å². The van der Waals surface area contributed by atoms with Crippen LogP contribution in [0.3, 0.4) is 0 Å². The average molecular weight is 1180 g/mol. The fraction of sp³-hybridized carbons (Fsp3) is 0.585. The summed E-state index contributed by atoms with van der Waals surface area (Å²) in [6.07, 6.45) is 0.0129. The molecule has 1 aromatic heterocycles. The number of primary amides is 2. The number of nitrogens with one attached hydrogen (secondary N) is 9. The lowest BCUT2D eigenvalue weighted by molar-refractivity contribution is -0.143. The van der Waals surface area contributed by atoms with Gasteiger partial charge in [-0.05, 0) is 76.8 Å². The number of nitrogens with zero attached hydrogens (tertiary/aromatic N) is 2. The predicted octanol–water partition coefficient (Wildman–Crippen LogP) is -4.94. The van der Waals surface area contributed by atoms with Gasteiger partial charge in [0, 0.05) is 44.1 Å². The monoisotopic (exact) mass is 1180 g/mol. The molecule has 0 bridgehead atoms. The molecule has 1 saturated heterocycles. The molecule has 2 heterocycles. The molecule has 11 amide bonds. The van der Waals surface area contributed by atoms with Crippen LogP contribution >= 0.6 is 0 Å². The molecule has 464 valence electrons. The van der Waals surface area contributed by atoms with Gasteiger partial charge in [-0.1, -0.05) is 50.6 Å². The zero-order chi connectivity index (χ0) is 62.8. The molecule has 20 N–H and O–H groups in total. The van der Waals surface area contributed by atoms with E-state index >= 15 is 0 Å². The number of unbranched alkanes of at least 4 members (excludes halogenated alkanes) is 1. The zero-order valence-electron chi connectivity index (χ0n) is 47.4. The Kier molecular flexibility index (Phi) is 28.8. The average Bonchev–Trinajstić information content (AvgIpc) is 4.20. The lowest BCUT2D eigenvalue weighted by Crippen LogP contribution is -2.61. The maximum absolute atomic E-state index is 14.8. The first-order valence-electron chi connectivity index (χ1n) is 27.6. The summed E-state index contributed by atoms with van der Waals surface area (Å²) < 4.78 is 0. The highest BCUT2D eigenvalue weighted by Gasteiger charge is 2.41. The topological polar surface area (TPSA) is 515 Å². The molecule has 0 aliphatic carbocycles. The highest BCUT2D eigenvalue weighted by Crippen LogP contribution is 2.21. The minimum absolute atomic E-state index is 0.0334. The number of aromatic amines is 1. The van der Waals surface area contributed by atoms with Gasteiger partial charge in [0.2, 0.25) is 65.0 Å². The number of likely N-dealkylation sites (tertiary alicyclic amines) is 1. The first-order valence-corrected chi connectivity index (χ1v) is 27.6. The summed E-state index contributed by atoms with van der Waals surface area (Å²) >= 11 is 0. The minimum Gasteiger partial charge on any atom is -0.481 e. The van der Waals surface area contributed by atoms with Gasteiger partial charge in [-0.25, -0.2) is 9.78 Å². The van der Waals surface area contributed by atoms with Gasteiger partial charge in [-0.3, -0.25) is 57.5 Å². The number of amides is 11. The molecular formula is C53H81N15O16. The van der Waals surface area contributed by atoms with Crippen LogP contribution in [0.5, 0.6) is 0 Å². The first-order chi connectivity index (χ1) is 39.7. The second-order valence-electron chi connectivity index (χ2n) is 20.6. The fourth-order valence-corrected chi connectivity index (χ4v) is 8.88. The second kappa shape index (κ2) is 34.8. The van der Waals surface area contributed by atoms with E-state index in [0.717, 1.165) is 6.92 Å². The van der Waals surface area contributed by atoms with Crippen molar-refractivity contribution in [2.45, 2.75) is 178 Å². The largest absolute Gasteiger partial charge is 0.481 e. The van der Waals surface area contributed by atoms with Crippen molar-refractivity contribution in [1.29, 1.82) is 0 Å². The first kappa shape index (κ1) is 69.7. The Morgan fingerprint density at radius 3 is 1.79 bits per heavy atom. The number of aromatic nitrogens is 2. The van der Waals surface area contributed by atoms with Crippen LogP contribution in [-0.4, -0.2) is 187 Å². The van der Waals surface area contributed by atoms with Gasteiger partial charge in [0.25, 0.3) is 0 Å². The normalized spacial score (nSPS) is 16.8. The van der Waals surface area contributed by atoms with Gasteiger partial charge < -0.3 is 90.7 Å². The van der Waals surface area contributed by atoms with Crippen molar-refractivity contribution in [2.75, 3.05) is 13.1 Å². The SMILES string of the molecule is CC[C@H](C)[C@H](NC(=O)[C@H](CCCCN)NC(=O)[C@@H](N)CC(=O)O)C(=O)N[C@@H](Cc1cnc[nH]1)C(=O)N1CCC[C@H]1C(=O)N[C@@H](Cc1ccccc1)C(=O)N[C@@H](C)C(=O)N[C@@H](CCC(N)=O)C(=O)N[C@H](C(=O)N[C@@H](CCC(N)=O)C(=O)O)[C@@H](C)O. The van der Waals surface area contributed by atoms with Crippen molar-refractivity contribution in [1.82, 2.24) is 57.4 Å². The van der Waals surface area contributed by atoms with Gasteiger partial charge in [0.05, 0.1) is 24.9 Å². The summed E-state index contributed by atoms with van der Waals surface area (Å²) in [5.41, 5.74) is 22.9. The molecule has 31 nitrogen and oxygen atoms in total. The Bertz CT molecular complexity index is 2610. The molecule has 1 aliphatic rings. The van der Waals surface area contributed by atoms with E-state index in [2.05, 4.69) is 52.5 Å². The minimum atomic E-state index is -1.83. The third-order valence-corrected chi connectivity index (χ3v) is 13.9. The number of carboxylic acid groups (broad SMARTS) is 2. The van der Waals surface area contributed by atoms with Crippen molar-refractivity contribution in [3.63, 3.8) is 0 Å². The van der Waals surface area contributed by atoms with Gasteiger partial charge in [0.15, 0.2) is 0 Å². The van der Waals surface area contributed by atoms with Gasteiger partial charge in [-0.15, -0.1) is 0 Å². The number of carbonyl (C=O) groups excluding carboxylic acids is 11. The molecule has 1 aliphatic heterocycles. The number of aliphatic hydroxyl groups excluding tert-OH is 1. The van der Waals surface area contributed by atoms with E-state index in [1.807, 2.05) is 0 Å². The number of nitrogens with two attached hydrogens (primary N) is 4. The third kappa shape index (κ3) is 23.0. The maximum Gasteiger partial charge on any atom is 0.326 e. The van der Waals surface area contributed by atoms with Crippen molar-refractivity contribution >= 4 is 76.9 Å². The quantitative estimate of drug-likeness (QED) is 0.0282. The molecule has 31 heteroatoms. The molecule has 0 saturated carbocycles. The number of carbonyl (C=O) groups is 13. The van der Waals surface area contributed by atoms with Crippen LogP contribution in [0.25, 0.3) is 0 Å². The molecule has 0 spiro atoms. The number of aliphatic carboxylic acids is 2. The van der Waals surface area contributed by atoms with Crippen molar-refractivity contribution in [3.05, 3.63) is 54.1 Å². The molecule has 0 unspecified atom stereocenters. The number of imidazole rings is 1. The Labute approximate surface area is 484 Å². The predicted molar refractivity (Wildman–Crippen MR) is 297 cm³/mol. The molecule has 1 aromatic carbocycles. The molecule has 1 fully saturated rings. The lowest BCUT2D eigenvalue weighted by atomic mass is 9.96. The van der Waals surface area contributed by atoms with E-state index in [-0.39, 0.29) is 38.8 Å². The van der Waals surface area contributed by atoms with Gasteiger partial charge in [0.1, 0.15) is 54.4 Å². The third-order valence-electron chi connectivity index (χ3n) is 13.9. The number of rotatable bonds is 37. The highest BCUT2D eigenvalue weighted by atomic mass is 16.4. The Morgan fingerprint density at radius 2 is 1.23 bits per heavy atom. The van der Waals surface area contributed by atoms with Crippen molar-refractivity contribution in [3.8, 4) is 0 Å². The smallest absolute Gasteiger partial charge is 0.326 e. The van der Waals surface area contributed by atoms with Crippen LogP contribution in [0.15, 0.2) is 42.9 Å². The van der Waals surface area contributed by atoms with Crippen LogP contribution in [0, 0.1) is 5.92 Å². The number of aliphatic hydroxyl groups is 1. The molecule has 12 atom stereocenters. The number of hydrogen-bond donors (Lipinski definition) is 16. The molecular weight excluding hydrogens is 1100 g/mol. The lowest BCUT2D eigenvalue weighted by Gasteiger charge is -2.32. The van der Waals surface area contributed by atoms with E-state index in [4.69, 9.17) is 22.9 Å². The summed E-state index contributed by atoms with van der Waals surface area (Å²) in [7, 11) is 0.